The first-order valence-corrected chi connectivity index (χ1v) is 10.6. The molecule has 6 heteroatoms. The van der Waals surface area contributed by atoms with Gasteiger partial charge in [0.2, 0.25) is 11.1 Å². The van der Waals surface area contributed by atoms with E-state index in [0.29, 0.717) is 28.8 Å². The van der Waals surface area contributed by atoms with E-state index in [1.165, 1.54) is 43.9 Å². The Labute approximate surface area is 157 Å². The Morgan fingerprint density at radius 3 is 2.46 bits per heavy atom. The normalized spacial score (nSPS) is 31.9. The molecule has 1 amide bonds. The number of carbonyl (C=O) groups is 1. The van der Waals surface area contributed by atoms with Crippen LogP contribution in [0, 0.1) is 23.7 Å². The van der Waals surface area contributed by atoms with Gasteiger partial charge in [0, 0.05) is 11.6 Å². The standard InChI is InChI=1S/C20H24N4OS/c25-17(21-18-15-7-12-6-13(9-15)10-16(18)8-12)11-26-20-22-19(23-24-20)14-4-2-1-3-5-14/h1-5,12-13,15-16,18H,6-11H2,(H,21,25)(H,22,23,24). The van der Waals surface area contributed by atoms with Gasteiger partial charge < -0.3 is 5.32 Å². The van der Waals surface area contributed by atoms with E-state index in [2.05, 4.69) is 20.5 Å². The first-order chi connectivity index (χ1) is 12.7. The van der Waals surface area contributed by atoms with Crippen LogP contribution < -0.4 is 5.32 Å². The smallest absolute Gasteiger partial charge is 0.230 e. The van der Waals surface area contributed by atoms with Gasteiger partial charge in [-0.25, -0.2) is 4.98 Å². The zero-order valence-electron chi connectivity index (χ0n) is 14.7. The molecule has 4 aliphatic rings. The monoisotopic (exact) mass is 368 g/mol. The van der Waals surface area contributed by atoms with Crippen molar-refractivity contribution in [3.63, 3.8) is 0 Å². The summed E-state index contributed by atoms with van der Waals surface area (Å²) in [5.41, 5.74) is 1.00. The van der Waals surface area contributed by atoms with Gasteiger partial charge in [-0.3, -0.25) is 9.89 Å². The molecule has 1 heterocycles. The zero-order chi connectivity index (χ0) is 17.5. The van der Waals surface area contributed by atoms with E-state index in [9.17, 15) is 4.79 Å². The molecular weight excluding hydrogens is 344 g/mol. The largest absolute Gasteiger partial charge is 0.352 e. The Balaban J connectivity index is 1.16. The molecule has 4 saturated carbocycles. The Bertz CT molecular complexity index is 762. The van der Waals surface area contributed by atoms with Crippen LogP contribution in [-0.2, 0) is 4.79 Å². The van der Waals surface area contributed by atoms with Crippen LogP contribution in [-0.4, -0.2) is 32.9 Å². The summed E-state index contributed by atoms with van der Waals surface area (Å²) < 4.78 is 0. The molecule has 1 aromatic carbocycles. The molecule has 6 rings (SSSR count). The topological polar surface area (TPSA) is 70.7 Å². The van der Waals surface area contributed by atoms with Gasteiger partial charge in [-0.05, 0) is 55.8 Å². The predicted octanol–water partition coefficient (Wildman–Crippen LogP) is 3.50. The lowest BCUT2D eigenvalue weighted by molar-refractivity contribution is -0.122. The maximum absolute atomic E-state index is 12.5. The number of nitrogens with one attached hydrogen (secondary N) is 2. The fourth-order valence-corrected chi connectivity index (χ4v) is 6.16. The number of nitrogens with zero attached hydrogens (tertiary/aromatic N) is 2. The molecule has 0 radical (unpaired) electrons. The lowest BCUT2D eigenvalue weighted by Gasteiger charge is -2.54. The number of rotatable bonds is 5. The average molecular weight is 369 g/mol. The van der Waals surface area contributed by atoms with Gasteiger partial charge >= 0.3 is 0 Å². The summed E-state index contributed by atoms with van der Waals surface area (Å²) in [5.74, 6) is 4.55. The van der Waals surface area contributed by atoms with Crippen LogP contribution in [0.2, 0.25) is 0 Å². The van der Waals surface area contributed by atoms with Crippen molar-refractivity contribution in [2.45, 2.75) is 43.3 Å². The second-order valence-electron chi connectivity index (χ2n) is 8.15. The lowest BCUT2D eigenvalue weighted by Crippen LogP contribution is -2.56. The van der Waals surface area contributed by atoms with Gasteiger partial charge in [-0.1, -0.05) is 42.1 Å². The molecule has 2 aromatic rings. The Kier molecular flexibility index (Phi) is 4.23. The molecule has 1 aromatic heterocycles. The molecular formula is C20H24N4OS. The molecule has 0 spiro atoms. The van der Waals surface area contributed by atoms with E-state index in [0.717, 1.165) is 23.2 Å². The molecule has 4 bridgehead atoms. The second kappa shape index (κ2) is 6.72. The third-order valence-electron chi connectivity index (χ3n) is 6.40. The van der Waals surface area contributed by atoms with Crippen molar-refractivity contribution in [1.82, 2.24) is 20.5 Å². The predicted molar refractivity (Wildman–Crippen MR) is 102 cm³/mol. The molecule has 0 aliphatic heterocycles. The number of H-pyrrole nitrogens is 1. The molecule has 26 heavy (non-hydrogen) atoms. The summed E-state index contributed by atoms with van der Waals surface area (Å²) in [6.07, 6.45) is 6.75. The number of amides is 1. The van der Waals surface area contributed by atoms with Gasteiger partial charge in [0.05, 0.1) is 5.75 Å². The van der Waals surface area contributed by atoms with E-state index >= 15 is 0 Å². The molecule has 0 atom stereocenters. The molecule has 4 aliphatic carbocycles. The average Bonchev–Trinajstić information content (AvgIpc) is 3.12. The highest BCUT2D eigenvalue weighted by molar-refractivity contribution is 7.99. The van der Waals surface area contributed by atoms with Crippen molar-refractivity contribution in [3.8, 4) is 11.4 Å². The van der Waals surface area contributed by atoms with Crippen LogP contribution in [0.25, 0.3) is 11.4 Å². The van der Waals surface area contributed by atoms with Crippen LogP contribution in [0.15, 0.2) is 35.5 Å². The van der Waals surface area contributed by atoms with Crippen LogP contribution in [0.5, 0.6) is 0 Å². The van der Waals surface area contributed by atoms with Gasteiger partial charge in [0.1, 0.15) is 0 Å². The molecule has 0 saturated heterocycles. The minimum absolute atomic E-state index is 0.124. The summed E-state index contributed by atoms with van der Waals surface area (Å²) in [5, 5.41) is 11.2. The van der Waals surface area contributed by atoms with Crippen LogP contribution in [0.1, 0.15) is 32.1 Å². The SMILES string of the molecule is O=C(CSc1n[nH]c(-c2ccccc2)n1)NC1C2CC3CC(C2)CC1C3. The number of carbonyl (C=O) groups excluding carboxylic acids is 1. The summed E-state index contributed by atoms with van der Waals surface area (Å²) in [6.45, 7) is 0. The van der Waals surface area contributed by atoms with Crippen molar-refractivity contribution in [2.24, 2.45) is 23.7 Å². The maximum atomic E-state index is 12.5. The van der Waals surface area contributed by atoms with Gasteiger partial charge in [-0.2, -0.15) is 0 Å². The number of thioether (sulfide) groups is 1. The van der Waals surface area contributed by atoms with Crippen molar-refractivity contribution < 1.29 is 4.79 Å². The van der Waals surface area contributed by atoms with E-state index in [-0.39, 0.29) is 5.91 Å². The quantitative estimate of drug-likeness (QED) is 0.793. The van der Waals surface area contributed by atoms with Crippen LogP contribution in [0.3, 0.4) is 0 Å². The number of aromatic amines is 1. The van der Waals surface area contributed by atoms with Gasteiger partial charge in [0.15, 0.2) is 5.82 Å². The van der Waals surface area contributed by atoms with E-state index in [1.54, 1.807) is 0 Å². The highest BCUT2D eigenvalue weighted by Gasteiger charge is 2.48. The Hall–Kier alpha value is -1.82. The summed E-state index contributed by atoms with van der Waals surface area (Å²) in [7, 11) is 0. The Morgan fingerprint density at radius 2 is 1.77 bits per heavy atom. The minimum Gasteiger partial charge on any atom is -0.352 e. The zero-order valence-corrected chi connectivity index (χ0v) is 15.5. The van der Waals surface area contributed by atoms with Crippen molar-refractivity contribution in [3.05, 3.63) is 30.3 Å². The van der Waals surface area contributed by atoms with Gasteiger partial charge in [-0.15, -0.1) is 5.10 Å². The first-order valence-electron chi connectivity index (χ1n) is 9.64. The van der Waals surface area contributed by atoms with Crippen LogP contribution in [0.4, 0.5) is 0 Å². The second-order valence-corrected chi connectivity index (χ2v) is 9.09. The fraction of sp³-hybridized carbons (Fsp3) is 0.550. The number of aromatic nitrogens is 3. The number of hydrogen-bond acceptors (Lipinski definition) is 4. The van der Waals surface area contributed by atoms with Gasteiger partial charge in [0.25, 0.3) is 0 Å². The van der Waals surface area contributed by atoms with Crippen molar-refractivity contribution in [1.29, 1.82) is 0 Å². The summed E-state index contributed by atoms with van der Waals surface area (Å²) in [6, 6.07) is 10.3. The first kappa shape index (κ1) is 16.4. The number of hydrogen-bond donors (Lipinski definition) is 2. The van der Waals surface area contributed by atoms with Crippen molar-refractivity contribution >= 4 is 17.7 Å². The highest BCUT2D eigenvalue weighted by Crippen LogP contribution is 2.53. The lowest BCUT2D eigenvalue weighted by atomic mass is 9.54. The van der Waals surface area contributed by atoms with E-state index in [4.69, 9.17) is 0 Å². The number of benzene rings is 1. The third-order valence-corrected chi connectivity index (χ3v) is 7.25. The van der Waals surface area contributed by atoms with E-state index < -0.39 is 0 Å². The van der Waals surface area contributed by atoms with E-state index in [1.807, 2.05) is 30.3 Å². The fourth-order valence-electron chi connectivity index (χ4n) is 5.55. The molecule has 5 nitrogen and oxygen atoms in total. The Morgan fingerprint density at radius 1 is 1.08 bits per heavy atom. The van der Waals surface area contributed by atoms with Crippen molar-refractivity contribution in [2.75, 3.05) is 5.75 Å². The summed E-state index contributed by atoms with van der Waals surface area (Å²) in [4.78, 5) is 17.0. The molecule has 136 valence electrons. The minimum atomic E-state index is 0.124. The van der Waals surface area contributed by atoms with Crippen LogP contribution >= 0.6 is 11.8 Å². The summed E-state index contributed by atoms with van der Waals surface area (Å²) >= 11 is 1.40. The molecule has 2 N–H and O–H groups in total. The third kappa shape index (κ3) is 3.15. The highest BCUT2D eigenvalue weighted by atomic mass is 32.2. The molecule has 4 fully saturated rings. The maximum Gasteiger partial charge on any atom is 0.230 e. The molecule has 0 unspecified atom stereocenters.